The molecule has 1 fully saturated rings. The minimum atomic E-state index is -3.09. The second-order valence-corrected chi connectivity index (χ2v) is 5.70. The third-order valence-electron chi connectivity index (χ3n) is 2.70. The number of amides is 1. The first-order valence-electron chi connectivity index (χ1n) is 6.05. The summed E-state index contributed by atoms with van der Waals surface area (Å²) in [4.78, 5) is 12.5. The maximum Gasteiger partial charge on any atom is 0.290 e. The number of carbonyl (C=O) groups excluding carboxylic acids is 1. The number of rotatable bonds is 2. The zero-order valence-corrected chi connectivity index (χ0v) is 11.2. The Bertz CT molecular complexity index is 313. The van der Waals surface area contributed by atoms with Crippen LogP contribution >= 0.6 is 0 Å². The lowest BCUT2D eigenvalue weighted by Crippen LogP contribution is -2.57. The van der Waals surface area contributed by atoms with Crippen molar-refractivity contribution in [3.05, 3.63) is 0 Å². The molecule has 1 rings (SSSR count). The lowest BCUT2D eigenvalue weighted by molar-refractivity contribution is -0.209. The number of aliphatic hydroxyl groups excluding tert-OH is 1. The molecular weight excluding hydrogens is 244 g/mol. The maximum atomic E-state index is 13.9. The summed E-state index contributed by atoms with van der Waals surface area (Å²) in [5, 5.41) is 9.13. The molecule has 0 radical (unpaired) electrons. The van der Waals surface area contributed by atoms with Crippen LogP contribution in [0, 0.1) is 0 Å². The normalized spacial score (nSPS) is 25.9. The topological polar surface area (TPSA) is 49.8 Å². The standard InChI is InChI=1S/C12H21F2NO3/c1-8(16)10(17)15-6-5-9(12(13,14)7-15)18-11(2,3)4/h8-9,16H,5-7H2,1-4H3/t8-,9-/m0/s1. The number of halogens is 2. The van der Waals surface area contributed by atoms with Crippen LogP contribution in [-0.2, 0) is 9.53 Å². The van der Waals surface area contributed by atoms with Gasteiger partial charge in [-0.3, -0.25) is 4.79 Å². The maximum absolute atomic E-state index is 13.9. The summed E-state index contributed by atoms with van der Waals surface area (Å²) in [6, 6.07) is 0. The molecule has 0 aromatic rings. The van der Waals surface area contributed by atoms with Crippen molar-refractivity contribution in [2.75, 3.05) is 13.1 Å². The van der Waals surface area contributed by atoms with Crippen molar-refractivity contribution in [1.82, 2.24) is 4.90 Å². The van der Waals surface area contributed by atoms with Gasteiger partial charge >= 0.3 is 0 Å². The van der Waals surface area contributed by atoms with Crippen LogP contribution in [0.15, 0.2) is 0 Å². The molecule has 18 heavy (non-hydrogen) atoms. The number of alkyl halides is 2. The summed E-state index contributed by atoms with van der Waals surface area (Å²) in [6.45, 7) is 5.92. The Labute approximate surface area is 106 Å². The molecule has 1 amide bonds. The van der Waals surface area contributed by atoms with Crippen LogP contribution in [0.5, 0.6) is 0 Å². The Kier molecular flexibility index (Phi) is 4.33. The lowest BCUT2D eigenvalue weighted by Gasteiger charge is -2.41. The van der Waals surface area contributed by atoms with Crippen molar-refractivity contribution in [2.45, 2.75) is 57.8 Å². The Morgan fingerprint density at radius 1 is 1.50 bits per heavy atom. The smallest absolute Gasteiger partial charge is 0.290 e. The third-order valence-corrected chi connectivity index (χ3v) is 2.70. The van der Waals surface area contributed by atoms with Gasteiger partial charge in [0.1, 0.15) is 12.2 Å². The predicted molar refractivity (Wildman–Crippen MR) is 62.5 cm³/mol. The predicted octanol–water partition coefficient (Wildman–Crippen LogP) is 1.42. The summed E-state index contributed by atoms with van der Waals surface area (Å²) in [6.07, 6.45) is -2.36. The van der Waals surface area contributed by atoms with Gasteiger partial charge in [0.15, 0.2) is 0 Å². The molecule has 0 bridgehead atoms. The number of aliphatic hydroxyl groups is 1. The van der Waals surface area contributed by atoms with Crippen molar-refractivity contribution >= 4 is 5.91 Å². The molecule has 1 N–H and O–H groups in total. The summed E-state index contributed by atoms with van der Waals surface area (Å²) < 4.78 is 33.1. The second-order valence-electron chi connectivity index (χ2n) is 5.70. The fourth-order valence-electron chi connectivity index (χ4n) is 1.94. The lowest BCUT2D eigenvalue weighted by atomic mass is 10.0. The van der Waals surface area contributed by atoms with Crippen LogP contribution < -0.4 is 0 Å². The largest absolute Gasteiger partial charge is 0.384 e. The second kappa shape index (κ2) is 5.09. The Morgan fingerprint density at radius 2 is 2.06 bits per heavy atom. The summed E-state index contributed by atoms with van der Waals surface area (Å²) in [5.74, 6) is -3.75. The molecule has 0 spiro atoms. The van der Waals surface area contributed by atoms with E-state index in [1.165, 1.54) is 6.92 Å². The number of hydrogen-bond acceptors (Lipinski definition) is 3. The van der Waals surface area contributed by atoms with Gasteiger partial charge in [-0.25, -0.2) is 8.78 Å². The minimum absolute atomic E-state index is 0.0722. The van der Waals surface area contributed by atoms with E-state index in [1.807, 2.05) is 0 Å². The molecular formula is C12H21F2NO3. The Hall–Kier alpha value is -0.750. The van der Waals surface area contributed by atoms with Crippen molar-refractivity contribution in [1.29, 1.82) is 0 Å². The van der Waals surface area contributed by atoms with Gasteiger partial charge in [-0.1, -0.05) is 0 Å². The SMILES string of the molecule is C[C@H](O)C(=O)N1CC[C@H](OC(C)(C)C)C(F)(F)C1. The highest BCUT2D eigenvalue weighted by Crippen LogP contribution is 2.32. The van der Waals surface area contributed by atoms with Crippen LogP contribution in [0.2, 0.25) is 0 Å². The molecule has 6 heteroatoms. The molecule has 0 unspecified atom stereocenters. The molecule has 0 saturated carbocycles. The number of carbonyl (C=O) groups is 1. The molecule has 0 aromatic heterocycles. The number of ether oxygens (including phenoxy) is 1. The van der Waals surface area contributed by atoms with Crippen molar-refractivity contribution in [3.63, 3.8) is 0 Å². The first-order chi connectivity index (χ1) is 8.03. The summed E-state index contributed by atoms with van der Waals surface area (Å²) in [5.41, 5.74) is -0.648. The van der Waals surface area contributed by atoms with E-state index < -0.39 is 36.2 Å². The van der Waals surface area contributed by atoms with E-state index in [1.54, 1.807) is 20.8 Å². The van der Waals surface area contributed by atoms with Gasteiger partial charge in [-0.2, -0.15) is 0 Å². The average Bonchev–Trinajstić information content (AvgIpc) is 2.17. The summed E-state index contributed by atoms with van der Waals surface area (Å²) in [7, 11) is 0. The highest BCUT2D eigenvalue weighted by atomic mass is 19.3. The van der Waals surface area contributed by atoms with Gasteiger partial charge in [-0.15, -0.1) is 0 Å². The molecule has 1 saturated heterocycles. The monoisotopic (exact) mass is 265 g/mol. The van der Waals surface area contributed by atoms with Gasteiger partial charge in [0.25, 0.3) is 11.8 Å². The van der Waals surface area contributed by atoms with Crippen LogP contribution in [-0.4, -0.2) is 52.7 Å². The quantitative estimate of drug-likeness (QED) is 0.821. The van der Waals surface area contributed by atoms with E-state index in [9.17, 15) is 13.6 Å². The molecule has 1 aliphatic rings. The number of hydrogen-bond donors (Lipinski definition) is 1. The van der Waals surface area contributed by atoms with Crippen molar-refractivity contribution in [2.24, 2.45) is 0 Å². The van der Waals surface area contributed by atoms with E-state index >= 15 is 0 Å². The van der Waals surface area contributed by atoms with Crippen molar-refractivity contribution < 1.29 is 23.4 Å². The van der Waals surface area contributed by atoms with Gasteiger partial charge in [0.05, 0.1) is 12.1 Å². The Balaban J connectivity index is 2.69. The Morgan fingerprint density at radius 3 is 2.44 bits per heavy atom. The number of piperidine rings is 1. The van der Waals surface area contributed by atoms with Gasteiger partial charge < -0.3 is 14.7 Å². The zero-order valence-electron chi connectivity index (χ0n) is 11.2. The average molecular weight is 265 g/mol. The molecule has 2 atom stereocenters. The van der Waals surface area contributed by atoms with E-state index in [-0.39, 0.29) is 13.0 Å². The van der Waals surface area contributed by atoms with E-state index in [0.29, 0.717) is 0 Å². The molecule has 106 valence electrons. The van der Waals surface area contributed by atoms with E-state index in [0.717, 1.165) is 4.90 Å². The number of likely N-dealkylation sites (tertiary alicyclic amines) is 1. The van der Waals surface area contributed by atoms with Crippen LogP contribution in [0.4, 0.5) is 8.78 Å². The molecule has 0 aliphatic carbocycles. The van der Waals surface area contributed by atoms with Gasteiger partial charge in [-0.05, 0) is 34.1 Å². The fraction of sp³-hybridized carbons (Fsp3) is 0.917. The molecule has 4 nitrogen and oxygen atoms in total. The summed E-state index contributed by atoms with van der Waals surface area (Å²) >= 11 is 0. The van der Waals surface area contributed by atoms with Crippen LogP contribution in [0.3, 0.4) is 0 Å². The number of nitrogens with zero attached hydrogens (tertiary/aromatic N) is 1. The van der Waals surface area contributed by atoms with E-state index in [2.05, 4.69) is 0 Å². The molecule has 1 aliphatic heterocycles. The van der Waals surface area contributed by atoms with Crippen molar-refractivity contribution in [3.8, 4) is 0 Å². The molecule has 0 aromatic carbocycles. The highest BCUT2D eigenvalue weighted by molar-refractivity contribution is 5.80. The van der Waals surface area contributed by atoms with Gasteiger partial charge in [0.2, 0.25) is 0 Å². The highest BCUT2D eigenvalue weighted by Gasteiger charge is 2.48. The minimum Gasteiger partial charge on any atom is -0.384 e. The third kappa shape index (κ3) is 3.88. The zero-order chi connectivity index (χ0) is 14.1. The van der Waals surface area contributed by atoms with Crippen LogP contribution in [0.1, 0.15) is 34.1 Å². The van der Waals surface area contributed by atoms with E-state index in [4.69, 9.17) is 9.84 Å². The van der Waals surface area contributed by atoms with Gasteiger partial charge in [0, 0.05) is 6.54 Å². The fourth-order valence-corrected chi connectivity index (χ4v) is 1.94. The van der Waals surface area contributed by atoms with Crippen LogP contribution in [0.25, 0.3) is 0 Å². The first kappa shape index (κ1) is 15.3. The molecule has 1 heterocycles. The first-order valence-corrected chi connectivity index (χ1v) is 6.05.